The smallest absolute Gasteiger partial charge is 0.296 e. The monoisotopic (exact) mass is 620 g/mol. The van der Waals surface area contributed by atoms with Gasteiger partial charge in [0.25, 0.3) is 30.4 Å². The Bertz CT molecular complexity index is 2090. The molecule has 0 heterocycles. The van der Waals surface area contributed by atoms with E-state index in [1.165, 1.54) is 24.3 Å². The number of hydrogen-bond donors (Lipinski definition) is 4. The standard InChI is InChI=1S/C24H20N4O10S3/c1-13-10-21(14(2)9-20(13)26-25-16-3-5-17(6-4-16)39(30,31)32)27-28-23-22(41(36,37)38)12-15-11-18(40(33,34)35)7-8-19(15)24(23)29/h3-12,29H,1-2H3,(H,30,31,32)(H,33,34,35)(H,36,37,38). The van der Waals surface area contributed by atoms with Crippen LogP contribution in [0.5, 0.6) is 5.75 Å². The van der Waals surface area contributed by atoms with Crippen LogP contribution in [0.3, 0.4) is 0 Å². The minimum Gasteiger partial charge on any atom is -0.505 e. The Morgan fingerprint density at radius 2 is 1.10 bits per heavy atom. The summed E-state index contributed by atoms with van der Waals surface area (Å²) >= 11 is 0. The van der Waals surface area contributed by atoms with E-state index in [1.54, 1.807) is 26.0 Å². The third-order valence-electron chi connectivity index (χ3n) is 5.78. The molecule has 17 heteroatoms. The van der Waals surface area contributed by atoms with E-state index in [-0.39, 0.29) is 21.4 Å². The van der Waals surface area contributed by atoms with Crippen LogP contribution in [-0.4, -0.2) is 44.0 Å². The minimum absolute atomic E-state index is 0.0213. The van der Waals surface area contributed by atoms with Gasteiger partial charge < -0.3 is 5.11 Å². The number of phenolic OH excluding ortho intramolecular Hbond substituents is 1. The number of hydrogen-bond acceptors (Lipinski definition) is 11. The van der Waals surface area contributed by atoms with Crippen LogP contribution in [0.15, 0.2) is 95.8 Å². The van der Waals surface area contributed by atoms with E-state index < -0.39 is 51.6 Å². The minimum atomic E-state index is -4.97. The van der Waals surface area contributed by atoms with Crippen molar-refractivity contribution in [3.05, 3.63) is 71.8 Å². The number of benzene rings is 4. The molecule has 0 atom stereocenters. The van der Waals surface area contributed by atoms with E-state index in [2.05, 4.69) is 20.5 Å². The molecule has 4 aromatic rings. The molecule has 0 fully saturated rings. The van der Waals surface area contributed by atoms with Gasteiger partial charge in [-0.2, -0.15) is 40.6 Å². The fourth-order valence-corrected chi connectivity index (χ4v) is 5.34. The topological polar surface area (TPSA) is 233 Å². The lowest BCUT2D eigenvalue weighted by Gasteiger charge is -2.10. The van der Waals surface area contributed by atoms with Crippen LogP contribution in [0, 0.1) is 13.8 Å². The lowest BCUT2D eigenvalue weighted by atomic mass is 10.1. The first kappa shape index (κ1) is 29.8. The molecule has 4 aromatic carbocycles. The molecule has 0 saturated heterocycles. The van der Waals surface area contributed by atoms with Crippen molar-refractivity contribution in [2.75, 3.05) is 0 Å². The van der Waals surface area contributed by atoms with Crippen molar-refractivity contribution in [1.29, 1.82) is 0 Å². The second-order valence-corrected chi connectivity index (χ2v) is 12.9. The van der Waals surface area contributed by atoms with Crippen molar-refractivity contribution in [3.8, 4) is 5.75 Å². The summed E-state index contributed by atoms with van der Waals surface area (Å²) in [5.41, 5.74) is 1.46. The number of aromatic hydroxyl groups is 1. The van der Waals surface area contributed by atoms with Crippen molar-refractivity contribution in [3.63, 3.8) is 0 Å². The van der Waals surface area contributed by atoms with Crippen molar-refractivity contribution in [1.82, 2.24) is 0 Å². The molecule has 214 valence electrons. The number of aryl methyl sites for hydroxylation is 2. The van der Waals surface area contributed by atoms with E-state index in [4.69, 9.17) is 4.55 Å². The Labute approximate surface area is 234 Å². The Kier molecular flexibility index (Phi) is 7.78. The molecule has 0 amide bonds. The molecule has 0 bridgehead atoms. The summed E-state index contributed by atoms with van der Waals surface area (Å²) in [6, 6.07) is 12.1. The zero-order valence-electron chi connectivity index (χ0n) is 21.0. The molecule has 4 N–H and O–H groups in total. The summed E-state index contributed by atoms with van der Waals surface area (Å²) in [5.74, 6) is -0.708. The van der Waals surface area contributed by atoms with Gasteiger partial charge >= 0.3 is 0 Å². The predicted molar refractivity (Wildman–Crippen MR) is 146 cm³/mol. The molecule has 0 radical (unpaired) electrons. The molecule has 0 aromatic heterocycles. The van der Waals surface area contributed by atoms with Crippen molar-refractivity contribution in [2.45, 2.75) is 28.5 Å². The highest BCUT2D eigenvalue weighted by Gasteiger charge is 2.23. The van der Waals surface area contributed by atoms with Crippen LogP contribution in [0.4, 0.5) is 22.7 Å². The third-order valence-corrected chi connectivity index (χ3v) is 8.36. The molecule has 0 saturated carbocycles. The van der Waals surface area contributed by atoms with Crippen LogP contribution in [0.1, 0.15) is 11.1 Å². The summed E-state index contributed by atoms with van der Waals surface area (Å²) < 4.78 is 97.5. The molecule has 0 spiro atoms. The first-order valence-corrected chi connectivity index (χ1v) is 15.5. The first-order chi connectivity index (χ1) is 18.9. The van der Waals surface area contributed by atoms with Crippen LogP contribution in [-0.2, 0) is 30.4 Å². The number of rotatable bonds is 7. The molecule has 0 aliphatic rings. The van der Waals surface area contributed by atoms with Crippen LogP contribution in [0.2, 0.25) is 0 Å². The zero-order valence-corrected chi connectivity index (χ0v) is 23.5. The van der Waals surface area contributed by atoms with Gasteiger partial charge in [-0.05, 0) is 91.0 Å². The maximum absolute atomic E-state index is 12.1. The fraction of sp³-hybridized carbons (Fsp3) is 0.0833. The summed E-state index contributed by atoms with van der Waals surface area (Å²) in [6.07, 6.45) is 0. The first-order valence-electron chi connectivity index (χ1n) is 11.2. The van der Waals surface area contributed by atoms with Gasteiger partial charge in [0.05, 0.1) is 26.9 Å². The van der Waals surface area contributed by atoms with Gasteiger partial charge in [0, 0.05) is 5.39 Å². The van der Waals surface area contributed by atoms with E-state index in [0.717, 1.165) is 24.3 Å². The van der Waals surface area contributed by atoms with Crippen LogP contribution >= 0.6 is 0 Å². The number of phenols is 1. The van der Waals surface area contributed by atoms with Gasteiger partial charge in [0.2, 0.25) is 0 Å². The number of fused-ring (bicyclic) bond motifs is 1. The van der Waals surface area contributed by atoms with Crippen LogP contribution < -0.4 is 0 Å². The third kappa shape index (κ3) is 6.62. The lowest BCUT2D eigenvalue weighted by Crippen LogP contribution is -2.00. The highest BCUT2D eigenvalue weighted by molar-refractivity contribution is 7.86. The lowest BCUT2D eigenvalue weighted by molar-refractivity contribution is 0.472. The fourth-order valence-electron chi connectivity index (χ4n) is 3.68. The van der Waals surface area contributed by atoms with E-state index >= 15 is 0 Å². The Morgan fingerprint density at radius 1 is 0.585 bits per heavy atom. The van der Waals surface area contributed by atoms with Crippen molar-refractivity contribution in [2.24, 2.45) is 20.5 Å². The SMILES string of the molecule is Cc1cc(N=Nc2c(S(=O)(=O)O)cc3cc(S(=O)(=O)O)ccc3c2O)c(C)cc1N=Nc1ccc(S(=O)(=O)O)cc1. The summed E-state index contributed by atoms with van der Waals surface area (Å²) in [7, 11) is -13.9. The van der Waals surface area contributed by atoms with Crippen molar-refractivity contribution < 1.29 is 44.0 Å². The van der Waals surface area contributed by atoms with Gasteiger partial charge in [-0.25, -0.2) is 0 Å². The molecule has 14 nitrogen and oxygen atoms in total. The Hall–Kier alpha value is -4.13. The quantitative estimate of drug-likeness (QED) is 0.145. The van der Waals surface area contributed by atoms with Gasteiger partial charge in [-0.15, -0.1) is 5.11 Å². The van der Waals surface area contributed by atoms with E-state index in [0.29, 0.717) is 22.5 Å². The molecule has 0 unspecified atom stereocenters. The molecule has 0 aliphatic heterocycles. The van der Waals surface area contributed by atoms with Gasteiger partial charge in [-0.1, -0.05) is 0 Å². The van der Waals surface area contributed by atoms with Gasteiger partial charge in [0.1, 0.15) is 10.6 Å². The Balaban J connectivity index is 1.72. The van der Waals surface area contributed by atoms with Gasteiger partial charge in [0.15, 0.2) is 5.75 Å². The van der Waals surface area contributed by atoms with Crippen molar-refractivity contribution >= 4 is 63.9 Å². The predicted octanol–water partition coefficient (Wildman–Crippen LogP) is 5.73. The average Bonchev–Trinajstić information content (AvgIpc) is 2.87. The summed E-state index contributed by atoms with van der Waals surface area (Å²) in [5, 5.41) is 26.7. The number of nitrogens with zero attached hydrogens (tertiary/aromatic N) is 4. The largest absolute Gasteiger partial charge is 0.505 e. The molecule has 41 heavy (non-hydrogen) atoms. The zero-order chi connectivity index (χ0) is 30.3. The maximum Gasteiger partial charge on any atom is 0.296 e. The molecular formula is C24H20N4O10S3. The second-order valence-electron chi connectivity index (χ2n) is 8.70. The van der Waals surface area contributed by atoms with E-state index in [1.807, 2.05) is 0 Å². The molecule has 4 rings (SSSR count). The highest BCUT2D eigenvalue weighted by Crippen LogP contribution is 2.42. The maximum atomic E-state index is 12.1. The Morgan fingerprint density at radius 3 is 1.61 bits per heavy atom. The molecule has 0 aliphatic carbocycles. The van der Waals surface area contributed by atoms with Gasteiger partial charge in [-0.3, -0.25) is 13.7 Å². The second kappa shape index (κ2) is 10.7. The van der Waals surface area contributed by atoms with E-state index in [9.17, 15) is 39.5 Å². The van der Waals surface area contributed by atoms with Crippen LogP contribution in [0.25, 0.3) is 10.8 Å². The summed E-state index contributed by atoms with van der Waals surface area (Å²) in [4.78, 5) is -1.70. The normalized spacial score (nSPS) is 13.0. The summed E-state index contributed by atoms with van der Waals surface area (Å²) in [6.45, 7) is 3.33. The average molecular weight is 621 g/mol. The highest BCUT2D eigenvalue weighted by atomic mass is 32.2. The number of azo groups is 2. The molecular weight excluding hydrogens is 600 g/mol.